The van der Waals surface area contributed by atoms with Crippen LogP contribution in [0.3, 0.4) is 0 Å². The van der Waals surface area contributed by atoms with E-state index in [-0.39, 0.29) is 6.61 Å². The largest absolute Gasteiger partial charge is 0.379 e. The van der Waals surface area contributed by atoms with Crippen molar-refractivity contribution in [1.82, 2.24) is 0 Å². The van der Waals surface area contributed by atoms with Gasteiger partial charge in [-0.25, -0.2) is 4.39 Å². The van der Waals surface area contributed by atoms with Gasteiger partial charge < -0.3 is 14.2 Å². The minimum Gasteiger partial charge on any atom is -0.379 e. The van der Waals surface area contributed by atoms with Gasteiger partial charge in [0.2, 0.25) is 0 Å². The third kappa shape index (κ3) is 5.51. The summed E-state index contributed by atoms with van der Waals surface area (Å²) in [6, 6.07) is 0. The summed E-state index contributed by atoms with van der Waals surface area (Å²) in [6.45, 7) is 2.85. The number of alkyl halides is 1. The number of ether oxygens (including phenoxy) is 3. The van der Waals surface area contributed by atoms with E-state index in [1.807, 2.05) is 0 Å². The normalized spacial score (nSPS) is 30.4. The number of allylic oxidation sites excluding steroid dienone is 2. The van der Waals surface area contributed by atoms with E-state index in [0.29, 0.717) is 26.4 Å². The third-order valence-electron chi connectivity index (χ3n) is 4.28. The van der Waals surface area contributed by atoms with E-state index in [9.17, 15) is 4.39 Å². The van der Waals surface area contributed by atoms with Gasteiger partial charge in [-0.15, -0.1) is 0 Å². The molecule has 0 N–H and O–H groups in total. The van der Waals surface area contributed by atoms with E-state index >= 15 is 0 Å². The van der Waals surface area contributed by atoms with Crippen LogP contribution in [-0.4, -0.2) is 46.3 Å². The lowest BCUT2D eigenvalue weighted by Crippen LogP contribution is -2.11. The van der Waals surface area contributed by atoms with E-state index in [4.69, 9.17) is 14.2 Å². The topological polar surface area (TPSA) is 27.7 Å². The number of hydrogen-bond acceptors (Lipinski definition) is 3. The fourth-order valence-electron chi connectivity index (χ4n) is 3.15. The number of fused-ring (bicyclic) bond motifs is 1. The van der Waals surface area contributed by atoms with E-state index in [2.05, 4.69) is 12.2 Å². The van der Waals surface area contributed by atoms with Crippen LogP contribution in [0.15, 0.2) is 12.2 Å². The van der Waals surface area contributed by atoms with Crippen molar-refractivity contribution in [2.45, 2.75) is 25.7 Å². The second kappa shape index (κ2) is 9.48. The van der Waals surface area contributed by atoms with Gasteiger partial charge in [-0.2, -0.15) is 0 Å². The highest BCUT2D eigenvalue weighted by atomic mass is 19.1. The molecule has 0 aromatic carbocycles. The second-order valence-corrected chi connectivity index (χ2v) is 5.61. The zero-order valence-electron chi connectivity index (χ0n) is 12.3. The molecule has 0 aromatic rings. The molecule has 1 saturated carbocycles. The lowest BCUT2D eigenvalue weighted by molar-refractivity contribution is 0.00929. The molecular weight excluding hydrogens is 259 g/mol. The molecule has 2 aliphatic rings. The third-order valence-corrected chi connectivity index (χ3v) is 4.28. The van der Waals surface area contributed by atoms with E-state index in [1.54, 1.807) is 0 Å². The minimum atomic E-state index is -0.428. The van der Waals surface area contributed by atoms with Gasteiger partial charge >= 0.3 is 0 Å². The number of hydrogen-bond donors (Lipinski definition) is 0. The van der Waals surface area contributed by atoms with Crippen LogP contribution in [0.25, 0.3) is 0 Å². The summed E-state index contributed by atoms with van der Waals surface area (Å²) >= 11 is 0. The van der Waals surface area contributed by atoms with Crippen LogP contribution in [0.2, 0.25) is 0 Å². The maximum atomic E-state index is 11.7. The molecule has 0 aliphatic heterocycles. The quantitative estimate of drug-likeness (QED) is 0.456. The van der Waals surface area contributed by atoms with E-state index in [0.717, 1.165) is 24.4 Å². The van der Waals surface area contributed by atoms with Crippen LogP contribution in [-0.2, 0) is 14.2 Å². The van der Waals surface area contributed by atoms with Crippen molar-refractivity contribution in [2.24, 2.45) is 17.8 Å². The highest BCUT2D eigenvalue weighted by Crippen LogP contribution is 2.52. The van der Waals surface area contributed by atoms with Crippen LogP contribution < -0.4 is 0 Å². The summed E-state index contributed by atoms with van der Waals surface area (Å²) in [5.74, 6) is 2.58. The summed E-state index contributed by atoms with van der Waals surface area (Å²) in [6.07, 6.45) is 9.78. The Morgan fingerprint density at radius 2 is 1.35 bits per heavy atom. The average molecular weight is 286 g/mol. The summed E-state index contributed by atoms with van der Waals surface area (Å²) in [7, 11) is 0. The minimum absolute atomic E-state index is 0.166. The molecule has 0 radical (unpaired) electrons. The van der Waals surface area contributed by atoms with Crippen molar-refractivity contribution in [2.75, 3.05) is 46.3 Å². The molecule has 0 heterocycles. The number of rotatable bonds is 10. The van der Waals surface area contributed by atoms with Gasteiger partial charge in [0, 0.05) is 0 Å². The molecule has 0 amide bonds. The highest BCUT2D eigenvalue weighted by molar-refractivity contribution is 5.01. The first-order chi connectivity index (χ1) is 9.93. The number of halogens is 1. The van der Waals surface area contributed by atoms with Crippen LogP contribution >= 0.6 is 0 Å². The zero-order chi connectivity index (χ0) is 14.0. The molecule has 3 nitrogen and oxygen atoms in total. The van der Waals surface area contributed by atoms with Gasteiger partial charge in [-0.05, 0) is 43.4 Å². The molecule has 0 bridgehead atoms. The Morgan fingerprint density at radius 3 is 1.95 bits per heavy atom. The Bertz CT molecular complexity index is 267. The van der Waals surface area contributed by atoms with E-state index in [1.165, 1.54) is 25.7 Å². The van der Waals surface area contributed by atoms with Crippen LogP contribution in [0.5, 0.6) is 0 Å². The van der Waals surface area contributed by atoms with Gasteiger partial charge in [-0.1, -0.05) is 12.2 Å². The van der Waals surface area contributed by atoms with Gasteiger partial charge in [0.05, 0.1) is 39.6 Å². The molecule has 1 fully saturated rings. The first-order valence-electron chi connectivity index (χ1n) is 7.87. The van der Waals surface area contributed by atoms with Crippen molar-refractivity contribution in [3.05, 3.63) is 12.2 Å². The Labute approximate surface area is 121 Å². The van der Waals surface area contributed by atoms with Crippen LogP contribution in [0, 0.1) is 17.8 Å². The second-order valence-electron chi connectivity index (χ2n) is 5.61. The summed E-state index contributed by atoms with van der Waals surface area (Å²) in [5, 5.41) is 0. The lowest BCUT2D eigenvalue weighted by atomic mass is 10.1. The monoisotopic (exact) mass is 286 g/mol. The standard InChI is InChI=1S/C16H27FO3/c17-7-8-18-9-10-19-11-12-20-13-16-14-5-3-1-2-4-6-15(14)16/h1-2,14-16H,3-13H2/b2-1+/t14-,15?,16-/m0/s1. The lowest BCUT2D eigenvalue weighted by Gasteiger charge is -2.06. The average Bonchev–Trinajstić information content (AvgIpc) is 3.06. The Hall–Kier alpha value is -0.450. The fourth-order valence-corrected chi connectivity index (χ4v) is 3.15. The molecule has 1 unspecified atom stereocenters. The first-order valence-corrected chi connectivity index (χ1v) is 7.87. The van der Waals surface area contributed by atoms with Gasteiger partial charge in [0.25, 0.3) is 0 Å². The summed E-state index contributed by atoms with van der Waals surface area (Å²) in [4.78, 5) is 0. The van der Waals surface area contributed by atoms with Crippen LogP contribution in [0.1, 0.15) is 25.7 Å². The smallest absolute Gasteiger partial charge is 0.113 e. The van der Waals surface area contributed by atoms with Crippen molar-refractivity contribution in [3.8, 4) is 0 Å². The Kier molecular flexibility index (Phi) is 7.55. The molecule has 2 aliphatic carbocycles. The van der Waals surface area contributed by atoms with Gasteiger partial charge in [0.1, 0.15) is 6.67 Å². The SMILES string of the molecule is FCCOCCOCCOC[C@@H]1C2CC/C=C/CC[C@@H]21. The molecular formula is C16H27FO3. The van der Waals surface area contributed by atoms with Crippen molar-refractivity contribution in [1.29, 1.82) is 0 Å². The van der Waals surface area contributed by atoms with E-state index < -0.39 is 6.67 Å². The fraction of sp³-hybridized carbons (Fsp3) is 0.875. The predicted molar refractivity (Wildman–Crippen MR) is 76.5 cm³/mol. The van der Waals surface area contributed by atoms with Crippen molar-refractivity contribution >= 4 is 0 Å². The first kappa shape index (κ1) is 15.9. The molecule has 0 saturated heterocycles. The molecule has 2 rings (SSSR count). The Balaban J connectivity index is 1.41. The molecule has 116 valence electrons. The summed E-state index contributed by atoms with van der Waals surface area (Å²) in [5.41, 5.74) is 0. The predicted octanol–water partition coefficient (Wildman–Crippen LogP) is 3.00. The zero-order valence-corrected chi connectivity index (χ0v) is 12.3. The van der Waals surface area contributed by atoms with Gasteiger partial charge in [0.15, 0.2) is 0 Å². The maximum absolute atomic E-state index is 11.7. The summed E-state index contributed by atoms with van der Waals surface area (Å²) < 4.78 is 27.8. The molecule has 0 aromatic heterocycles. The maximum Gasteiger partial charge on any atom is 0.113 e. The van der Waals surface area contributed by atoms with Gasteiger partial charge in [-0.3, -0.25) is 0 Å². The van der Waals surface area contributed by atoms with Crippen LogP contribution in [0.4, 0.5) is 4.39 Å². The molecule has 20 heavy (non-hydrogen) atoms. The molecule has 3 atom stereocenters. The Morgan fingerprint density at radius 1 is 0.800 bits per heavy atom. The molecule has 4 heteroatoms. The van der Waals surface area contributed by atoms with Crippen molar-refractivity contribution in [3.63, 3.8) is 0 Å². The van der Waals surface area contributed by atoms with Crippen molar-refractivity contribution < 1.29 is 18.6 Å². The molecule has 0 spiro atoms. The highest BCUT2D eigenvalue weighted by Gasteiger charge is 2.48.